The van der Waals surface area contributed by atoms with E-state index in [2.05, 4.69) is 0 Å². The van der Waals surface area contributed by atoms with Crippen LogP contribution in [-0.2, 0) is 0 Å². The molecule has 1 N–H and O–H groups in total. The molecule has 3 rings (SSSR count). The van der Waals surface area contributed by atoms with E-state index in [1.54, 1.807) is 24.3 Å². The van der Waals surface area contributed by atoms with E-state index in [-0.39, 0.29) is 11.5 Å². The van der Waals surface area contributed by atoms with Gasteiger partial charge in [0.15, 0.2) is 0 Å². The molecular weight excluding hydrogens is 356 g/mol. The highest BCUT2D eigenvalue weighted by Gasteiger charge is 2.11. The number of phenolic OH excluding ortho intramolecular Hbond substituents is 1. The number of halogens is 1. The third-order valence-corrected chi connectivity index (χ3v) is 3.68. The van der Waals surface area contributed by atoms with Crippen molar-refractivity contribution < 1.29 is 24.2 Å². The van der Waals surface area contributed by atoms with Gasteiger partial charge in [0.05, 0.1) is 11.1 Å². The summed E-state index contributed by atoms with van der Waals surface area (Å²) in [4.78, 5) is 24.1. The SMILES string of the molecule is O=C(Oc1ccc(C(=O)Oc2ccc(Cl)cc2)cc1)c1ccc(O)cc1. The molecule has 26 heavy (non-hydrogen) atoms. The van der Waals surface area contributed by atoms with Crippen LogP contribution in [0.5, 0.6) is 17.2 Å². The van der Waals surface area contributed by atoms with Crippen LogP contribution in [0, 0.1) is 0 Å². The summed E-state index contributed by atoms with van der Waals surface area (Å²) >= 11 is 5.78. The van der Waals surface area contributed by atoms with E-state index in [9.17, 15) is 14.7 Å². The van der Waals surface area contributed by atoms with Gasteiger partial charge in [-0.25, -0.2) is 9.59 Å². The number of benzene rings is 3. The number of phenols is 1. The predicted octanol–water partition coefficient (Wildman–Crippen LogP) is 4.48. The quantitative estimate of drug-likeness (QED) is 0.542. The Kier molecular flexibility index (Phi) is 5.20. The molecule has 130 valence electrons. The van der Waals surface area contributed by atoms with E-state index in [1.165, 1.54) is 48.5 Å². The van der Waals surface area contributed by atoms with E-state index in [1.807, 2.05) is 0 Å². The molecule has 0 spiro atoms. The molecule has 0 radical (unpaired) electrons. The van der Waals surface area contributed by atoms with Crippen molar-refractivity contribution in [3.63, 3.8) is 0 Å². The summed E-state index contributed by atoms with van der Waals surface area (Å²) in [5.41, 5.74) is 0.610. The van der Waals surface area contributed by atoms with Gasteiger partial charge in [-0.1, -0.05) is 11.6 Å². The number of rotatable bonds is 4. The van der Waals surface area contributed by atoms with Crippen molar-refractivity contribution in [3.05, 3.63) is 88.9 Å². The summed E-state index contributed by atoms with van der Waals surface area (Å²) in [7, 11) is 0. The normalized spacial score (nSPS) is 10.2. The third kappa shape index (κ3) is 4.40. The van der Waals surface area contributed by atoms with E-state index in [4.69, 9.17) is 21.1 Å². The Labute approximate surface area is 154 Å². The van der Waals surface area contributed by atoms with Gasteiger partial charge in [-0.05, 0) is 72.8 Å². The lowest BCUT2D eigenvalue weighted by atomic mass is 10.2. The molecule has 0 aliphatic heterocycles. The van der Waals surface area contributed by atoms with Crippen LogP contribution < -0.4 is 9.47 Å². The van der Waals surface area contributed by atoms with Crippen LogP contribution in [0.3, 0.4) is 0 Å². The highest BCUT2D eigenvalue weighted by molar-refractivity contribution is 6.30. The largest absolute Gasteiger partial charge is 0.508 e. The van der Waals surface area contributed by atoms with Gasteiger partial charge < -0.3 is 14.6 Å². The molecule has 6 heteroatoms. The lowest BCUT2D eigenvalue weighted by Crippen LogP contribution is -2.10. The molecule has 5 nitrogen and oxygen atoms in total. The van der Waals surface area contributed by atoms with Gasteiger partial charge >= 0.3 is 11.9 Å². The van der Waals surface area contributed by atoms with Gasteiger partial charge in [0.25, 0.3) is 0 Å². The molecule has 3 aromatic carbocycles. The Morgan fingerprint density at radius 2 is 1.04 bits per heavy atom. The number of carbonyl (C=O) groups excluding carboxylic acids is 2. The molecule has 0 amide bonds. The molecule has 0 saturated heterocycles. The van der Waals surface area contributed by atoms with Gasteiger partial charge in [-0.3, -0.25) is 0 Å². The zero-order chi connectivity index (χ0) is 18.5. The van der Waals surface area contributed by atoms with Gasteiger partial charge in [0.1, 0.15) is 17.2 Å². The summed E-state index contributed by atoms with van der Waals surface area (Å²) in [6, 6.07) is 18.1. The molecule has 0 atom stereocenters. The first-order chi connectivity index (χ1) is 12.5. The fourth-order valence-electron chi connectivity index (χ4n) is 2.09. The second-order valence-electron chi connectivity index (χ2n) is 5.30. The number of aromatic hydroxyl groups is 1. The number of carbonyl (C=O) groups is 2. The van der Waals surface area contributed by atoms with Crippen molar-refractivity contribution in [3.8, 4) is 17.2 Å². The Balaban J connectivity index is 1.64. The summed E-state index contributed by atoms with van der Waals surface area (Å²) in [6.45, 7) is 0. The lowest BCUT2D eigenvalue weighted by Gasteiger charge is -2.07. The zero-order valence-electron chi connectivity index (χ0n) is 13.4. The Morgan fingerprint density at radius 3 is 1.50 bits per heavy atom. The minimum absolute atomic E-state index is 0.0603. The highest BCUT2D eigenvalue weighted by atomic mass is 35.5. The van der Waals surface area contributed by atoms with Crippen molar-refractivity contribution in [1.82, 2.24) is 0 Å². The average molecular weight is 369 g/mol. The van der Waals surface area contributed by atoms with Crippen molar-refractivity contribution in [2.45, 2.75) is 0 Å². The molecule has 0 aromatic heterocycles. The first-order valence-electron chi connectivity index (χ1n) is 7.60. The van der Waals surface area contributed by atoms with Crippen LogP contribution in [0.15, 0.2) is 72.8 Å². The van der Waals surface area contributed by atoms with E-state index >= 15 is 0 Å². The van der Waals surface area contributed by atoms with Crippen LogP contribution >= 0.6 is 11.6 Å². The first kappa shape index (κ1) is 17.5. The Bertz CT molecular complexity index is 916. The first-order valence-corrected chi connectivity index (χ1v) is 7.98. The molecular formula is C20H13ClO5. The maximum Gasteiger partial charge on any atom is 0.343 e. The second kappa shape index (κ2) is 7.72. The summed E-state index contributed by atoms with van der Waals surface area (Å²) < 4.78 is 10.4. The van der Waals surface area contributed by atoms with Crippen LogP contribution in [0.4, 0.5) is 0 Å². The fraction of sp³-hybridized carbons (Fsp3) is 0. The molecule has 0 aliphatic carbocycles. The number of hydrogen-bond acceptors (Lipinski definition) is 5. The highest BCUT2D eigenvalue weighted by Crippen LogP contribution is 2.19. The lowest BCUT2D eigenvalue weighted by molar-refractivity contribution is 0.0730. The smallest absolute Gasteiger partial charge is 0.343 e. The third-order valence-electron chi connectivity index (χ3n) is 3.43. The van der Waals surface area contributed by atoms with Crippen molar-refractivity contribution in [2.24, 2.45) is 0 Å². The summed E-state index contributed by atoms with van der Waals surface area (Å²) in [6.07, 6.45) is 0. The molecule has 0 bridgehead atoms. The number of hydrogen-bond donors (Lipinski definition) is 1. The zero-order valence-corrected chi connectivity index (χ0v) is 14.1. The standard InChI is InChI=1S/C20H13ClO5/c21-15-5-11-18(12-6-15)26-20(24)14-3-9-17(10-4-14)25-19(23)13-1-7-16(22)8-2-13/h1-12,22H. The molecule has 0 saturated carbocycles. The number of ether oxygens (including phenoxy) is 2. The van der Waals surface area contributed by atoms with Crippen LogP contribution in [0.2, 0.25) is 5.02 Å². The molecule has 0 aliphatic rings. The van der Waals surface area contributed by atoms with Crippen LogP contribution in [-0.4, -0.2) is 17.0 Å². The van der Waals surface area contributed by atoms with Gasteiger partial charge in [-0.2, -0.15) is 0 Å². The minimum atomic E-state index is -0.568. The van der Waals surface area contributed by atoms with Crippen molar-refractivity contribution in [1.29, 1.82) is 0 Å². The van der Waals surface area contributed by atoms with Crippen molar-refractivity contribution >= 4 is 23.5 Å². The molecule has 0 fully saturated rings. The predicted molar refractivity (Wildman–Crippen MR) is 95.9 cm³/mol. The Morgan fingerprint density at radius 1 is 0.654 bits per heavy atom. The summed E-state index contributed by atoms with van der Waals surface area (Å²) in [5.74, 6) is -0.385. The van der Waals surface area contributed by atoms with Gasteiger partial charge in [-0.15, -0.1) is 0 Å². The molecule has 3 aromatic rings. The van der Waals surface area contributed by atoms with Crippen LogP contribution in [0.25, 0.3) is 0 Å². The van der Waals surface area contributed by atoms with Crippen molar-refractivity contribution in [2.75, 3.05) is 0 Å². The van der Waals surface area contributed by atoms with Gasteiger partial charge in [0, 0.05) is 5.02 Å². The maximum absolute atomic E-state index is 12.1. The maximum atomic E-state index is 12.1. The summed E-state index contributed by atoms with van der Waals surface area (Å²) in [5, 5.41) is 9.77. The van der Waals surface area contributed by atoms with E-state index < -0.39 is 11.9 Å². The van der Waals surface area contributed by atoms with Gasteiger partial charge in [0.2, 0.25) is 0 Å². The topological polar surface area (TPSA) is 72.8 Å². The second-order valence-corrected chi connectivity index (χ2v) is 5.74. The average Bonchev–Trinajstić information content (AvgIpc) is 2.64. The van der Waals surface area contributed by atoms with Crippen LogP contribution in [0.1, 0.15) is 20.7 Å². The Hall–Kier alpha value is -3.31. The fourth-order valence-corrected chi connectivity index (χ4v) is 2.22. The molecule has 0 unspecified atom stereocenters. The van der Waals surface area contributed by atoms with E-state index in [0.29, 0.717) is 21.9 Å². The van der Waals surface area contributed by atoms with E-state index in [0.717, 1.165) is 0 Å². The minimum Gasteiger partial charge on any atom is -0.508 e. The number of esters is 2. The monoisotopic (exact) mass is 368 g/mol. The molecule has 0 heterocycles.